The van der Waals surface area contributed by atoms with Gasteiger partial charge in [0.1, 0.15) is 54.1 Å². The summed E-state index contributed by atoms with van der Waals surface area (Å²) in [7, 11) is 0. The van der Waals surface area contributed by atoms with Gasteiger partial charge in [0, 0.05) is 67.8 Å². The van der Waals surface area contributed by atoms with E-state index in [-0.39, 0.29) is 94.4 Å². The van der Waals surface area contributed by atoms with Crippen LogP contribution in [-0.4, -0.2) is 199 Å². The molecule has 4 heterocycles. The number of imidazole rings is 1. The summed E-state index contributed by atoms with van der Waals surface area (Å²) in [6.45, 7) is 1.62. The summed E-state index contributed by atoms with van der Waals surface area (Å²) in [6, 6.07) is 2.37. The Morgan fingerprint density at radius 1 is 0.739 bits per heavy atom. The third-order valence-corrected chi connectivity index (χ3v) is 14.3. The predicted molar refractivity (Wildman–Crippen MR) is 319 cm³/mol. The number of amides is 11. The van der Waals surface area contributed by atoms with Gasteiger partial charge in [0.15, 0.2) is 5.96 Å². The monoisotopic (exact) mass is 1300 g/mol. The third kappa shape index (κ3) is 22.9. The maximum absolute atomic E-state index is 14.4. The number of likely N-dealkylation sites (tertiary alicyclic amines) is 1. The van der Waals surface area contributed by atoms with E-state index >= 15 is 0 Å². The van der Waals surface area contributed by atoms with Crippen LogP contribution in [0.15, 0.2) is 72.2 Å². The number of carbonyl (C=O) groups is 12. The Morgan fingerprint density at radius 2 is 1.36 bits per heavy atom. The minimum absolute atomic E-state index is 0.0156. The van der Waals surface area contributed by atoms with Crippen molar-refractivity contribution >= 4 is 87.8 Å². The Balaban J connectivity index is 0.00000207. The van der Waals surface area contributed by atoms with Gasteiger partial charge in [0.2, 0.25) is 65.0 Å². The van der Waals surface area contributed by atoms with E-state index in [1.165, 1.54) is 41.7 Å². The molecule has 32 nitrogen and oxygen atoms in total. The molecule has 92 heavy (non-hydrogen) atoms. The number of nitrogens with one attached hydrogen (secondary N) is 11. The van der Waals surface area contributed by atoms with E-state index in [9.17, 15) is 76.1 Å². The van der Waals surface area contributed by atoms with Gasteiger partial charge in [-0.05, 0) is 73.8 Å². The number of carboxylic acid groups (broad SMARTS) is 1. The maximum Gasteiger partial charge on any atom is 0.490 e. The van der Waals surface area contributed by atoms with Gasteiger partial charge in [0.25, 0.3) is 0 Å². The Hall–Kier alpha value is -10.3. The summed E-state index contributed by atoms with van der Waals surface area (Å²) >= 11 is 0. The molecule has 0 unspecified atom stereocenters. The van der Waals surface area contributed by atoms with E-state index in [1.54, 1.807) is 44.3 Å². The summed E-state index contributed by atoms with van der Waals surface area (Å²) in [6.07, 6.45) is 0.160. The molecule has 2 fully saturated rings. The molecule has 0 aliphatic carbocycles. The van der Waals surface area contributed by atoms with Gasteiger partial charge in [-0.2, -0.15) is 13.2 Å². The standard InChI is InChI=1S/C55H75N17O13.C2HF3O2/c1-29(2)19-38(49(80)67-37(9-5-17-60-55(57)58)54(85)72-18-6-10-43(72)53(84)62-25-44(56)75)66-46(77)26-63-47(78)39(20-30-11-13-33(74)14-12-30)68-52(83)42(27-73)71-50(81)40(21-31-23-61-35-8-4-3-7-34(31)35)69-51(82)41(22-32-24-59-28-64-32)70-48(79)36-15-16-45(76)65-36;3-2(4,5)1(6)7/h3-4,7-8,11-14,23-24,28-29,36-43,61,73-74H,5-6,9-10,15-22,25-27H2,1-2H3,(H2,56,75)(H,59,64)(H,62,84)(H,63,78)(H,65,76)(H,66,77)(H,67,80)(H,68,83)(H,69,82)(H,70,79)(H,71,81)(H4,57,58,60);(H,6,7)/t36-,37-,38-,39-,40-,41-,42+,43-;/m0./s1. The van der Waals surface area contributed by atoms with Crippen molar-refractivity contribution in [2.24, 2.45) is 28.1 Å². The van der Waals surface area contributed by atoms with Crippen molar-refractivity contribution in [3.8, 4) is 5.75 Å². The van der Waals surface area contributed by atoms with Crippen LogP contribution in [0.1, 0.15) is 75.6 Å². The average molecular weight is 1300 g/mol. The molecule has 0 bridgehead atoms. The van der Waals surface area contributed by atoms with Crippen LogP contribution in [0.5, 0.6) is 5.75 Å². The first-order chi connectivity index (χ1) is 43.5. The number of hydrogen-bond acceptors (Lipinski definition) is 16. The van der Waals surface area contributed by atoms with Crippen LogP contribution in [0.4, 0.5) is 13.2 Å². The normalized spacial score (nSPS) is 16.3. The van der Waals surface area contributed by atoms with Gasteiger partial charge in [0.05, 0.1) is 26.0 Å². The number of primary amides is 1. The highest BCUT2D eigenvalue weighted by atomic mass is 19.4. The number of phenolic OH excluding ortho intramolecular Hbond substituents is 1. The van der Waals surface area contributed by atoms with Crippen LogP contribution in [0.3, 0.4) is 0 Å². The van der Waals surface area contributed by atoms with Crippen molar-refractivity contribution < 1.29 is 86.0 Å². The number of rotatable bonds is 31. The molecule has 11 amide bonds. The molecule has 6 rings (SSSR count). The lowest BCUT2D eigenvalue weighted by Crippen LogP contribution is -2.60. The third-order valence-electron chi connectivity index (χ3n) is 14.3. The number of phenols is 1. The number of aliphatic hydroxyl groups excluding tert-OH is 1. The summed E-state index contributed by atoms with van der Waals surface area (Å²) in [4.78, 5) is 173. The Kier molecular flexibility index (Phi) is 27.2. The van der Waals surface area contributed by atoms with Crippen LogP contribution in [0.2, 0.25) is 0 Å². The van der Waals surface area contributed by atoms with Gasteiger partial charge in [-0.3, -0.25) is 57.7 Å². The minimum atomic E-state index is -5.08. The number of aliphatic carboxylic acids is 1. The number of fused-ring (bicyclic) bond motifs is 1. The van der Waals surface area contributed by atoms with E-state index in [0.29, 0.717) is 34.1 Å². The number of carbonyl (C=O) groups excluding carboxylic acids is 11. The number of H-pyrrole nitrogens is 2. The summed E-state index contributed by atoms with van der Waals surface area (Å²) in [5.41, 5.74) is 18.3. The van der Waals surface area contributed by atoms with Crippen molar-refractivity contribution in [1.29, 1.82) is 0 Å². The molecule has 0 radical (unpaired) electrons. The number of nitrogens with two attached hydrogens (primary N) is 3. The topological polar surface area (TPSA) is 512 Å². The van der Waals surface area contributed by atoms with Crippen LogP contribution in [0.25, 0.3) is 10.9 Å². The molecule has 2 aliphatic heterocycles. The quantitative estimate of drug-likeness (QED) is 0.0131. The number of aromatic hydroxyl groups is 1. The highest BCUT2D eigenvalue weighted by Gasteiger charge is 2.40. The molecule has 2 aromatic heterocycles. The fourth-order valence-corrected chi connectivity index (χ4v) is 9.79. The second-order valence-corrected chi connectivity index (χ2v) is 22.0. The van der Waals surface area contributed by atoms with Gasteiger partial charge in [-0.15, -0.1) is 0 Å². The number of alkyl halides is 3. The fourth-order valence-electron chi connectivity index (χ4n) is 9.79. The van der Waals surface area contributed by atoms with Crippen molar-refractivity contribution in [3.05, 3.63) is 84.1 Å². The van der Waals surface area contributed by atoms with Gasteiger partial charge >= 0.3 is 12.1 Å². The largest absolute Gasteiger partial charge is 0.508 e. The highest BCUT2D eigenvalue weighted by Crippen LogP contribution is 2.22. The van der Waals surface area contributed by atoms with Gasteiger partial charge < -0.3 is 95.2 Å². The van der Waals surface area contributed by atoms with Gasteiger partial charge in [-0.25, -0.2) is 9.78 Å². The SMILES string of the molecule is CC(C)C[C@H](NC(=O)CNC(=O)[C@H](Cc1ccc(O)cc1)NC(=O)[C@@H](CO)NC(=O)[C@H](Cc1c[nH]c2ccccc12)NC(=O)[C@H](Cc1cnc[nH]1)NC(=O)[C@@H]1CCC(=O)N1)C(=O)N[C@@H](CCCN=C(N)N)C(=O)N1CCC[C@H]1C(=O)NCC(N)=O.O=C(O)C(F)(F)F. The molecule has 8 atom stereocenters. The van der Waals surface area contributed by atoms with Crippen LogP contribution in [0, 0.1) is 5.92 Å². The number of aliphatic imine (C=N–C) groups is 1. The molecule has 20 N–H and O–H groups in total. The van der Waals surface area contributed by atoms with Crippen molar-refractivity contribution in [1.82, 2.24) is 67.7 Å². The zero-order chi connectivity index (χ0) is 67.8. The van der Waals surface area contributed by atoms with Crippen LogP contribution in [-0.2, 0) is 76.8 Å². The number of aromatic amines is 2. The Morgan fingerprint density at radius 3 is 1.96 bits per heavy atom. The lowest BCUT2D eigenvalue weighted by atomic mass is 10.0. The van der Waals surface area contributed by atoms with E-state index in [4.69, 9.17) is 27.1 Å². The number of benzene rings is 2. The van der Waals surface area contributed by atoms with Crippen LogP contribution < -0.4 is 65.1 Å². The molecule has 2 aliphatic rings. The molecular weight excluding hydrogens is 1220 g/mol. The number of aliphatic hydroxyl groups is 1. The second-order valence-electron chi connectivity index (χ2n) is 22.0. The summed E-state index contributed by atoms with van der Waals surface area (Å²) < 4.78 is 31.7. The molecule has 0 spiro atoms. The molecule has 35 heteroatoms. The number of halogens is 3. The van der Waals surface area contributed by atoms with Gasteiger partial charge in [-0.1, -0.05) is 44.2 Å². The molecule has 500 valence electrons. The molecule has 2 aromatic carbocycles. The number of carboxylic acids is 1. The number of guanidine groups is 1. The molecule has 2 saturated heterocycles. The second kappa shape index (κ2) is 34.6. The summed E-state index contributed by atoms with van der Waals surface area (Å²) in [5.74, 6) is -11.6. The minimum Gasteiger partial charge on any atom is -0.508 e. The number of hydrogen-bond donors (Lipinski definition) is 17. The zero-order valence-electron chi connectivity index (χ0n) is 50.1. The smallest absolute Gasteiger partial charge is 0.490 e. The van der Waals surface area contributed by atoms with E-state index in [1.807, 2.05) is 0 Å². The lowest BCUT2D eigenvalue weighted by molar-refractivity contribution is -0.192. The van der Waals surface area contributed by atoms with Crippen molar-refractivity contribution in [2.75, 3.05) is 32.8 Å². The van der Waals surface area contributed by atoms with E-state index in [2.05, 4.69) is 67.8 Å². The highest BCUT2D eigenvalue weighted by molar-refractivity contribution is 5.99. The van der Waals surface area contributed by atoms with E-state index in [0.717, 1.165) is 0 Å². The van der Waals surface area contributed by atoms with Crippen LogP contribution >= 0.6 is 0 Å². The predicted octanol–water partition coefficient (Wildman–Crippen LogP) is -3.75. The first kappa shape index (κ1) is 72.4. The van der Waals surface area contributed by atoms with Crippen molar-refractivity contribution in [2.45, 2.75) is 133 Å². The average Bonchev–Trinajstić information content (AvgIpc) is 2.48. The maximum atomic E-state index is 14.4. The number of nitrogens with zero attached hydrogens (tertiary/aromatic N) is 3. The number of aromatic nitrogens is 3. The first-order valence-corrected chi connectivity index (χ1v) is 29.0. The molecule has 4 aromatic rings. The Bertz CT molecular complexity index is 3290. The first-order valence-electron chi connectivity index (χ1n) is 29.0. The Labute approximate surface area is 523 Å². The molecule has 0 saturated carbocycles. The number of para-hydroxylation sites is 1. The fraction of sp³-hybridized carbons (Fsp3) is 0.474. The van der Waals surface area contributed by atoms with E-state index < -0.39 is 139 Å². The van der Waals surface area contributed by atoms with Crippen molar-refractivity contribution in [3.63, 3.8) is 0 Å². The lowest BCUT2D eigenvalue weighted by Gasteiger charge is -2.30. The summed E-state index contributed by atoms with van der Waals surface area (Å²) in [5, 5.41) is 51.6. The zero-order valence-corrected chi connectivity index (χ0v) is 50.1. The molecular formula is C57H76F3N17O15.